The molecule has 51 heavy (non-hydrogen) atoms. The maximum Gasteiger partial charge on any atom is 0.420 e. The lowest BCUT2D eigenvalue weighted by Gasteiger charge is -2.40. The summed E-state index contributed by atoms with van der Waals surface area (Å²) in [4.78, 5) is 28.0. The molecule has 9 nitrogen and oxygen atoms in total. The Morgan fingerprint density at radius 2 is 1.61 bits per heavy atom. The number of anilines is 1. The third-order valence-corrected chi connectivity index (χ3v) is 11.3. The van der Waals surface area contributed by atoms with Crippen LogP contribution >= 0.6 is 11.6 Å². The minimum absolute atomic E-state index is 0.0434. The maximum atomic E-state index is 15.7. The van der Waals surface area contributed by atoms with Gasteiger partial charge in [0.05, 0.1) is 23.9 Å². The largest absolute Gasteiger partial charge is 0.452 e. The summed E-state index contributed by atoms with van der Waals surface area (Å²) in [6.45, 7) is 2.28. The summed E-state index contributed by atoms with van der Waals surface area (Å²) in [5, 5.41) is 3.23. The first kappa shape index (κ1) is 37.9. The number of imide groups is 1. The fourth-order valence-electron chi connectivity index (χ4n) is 6.47. The van der Waals surface area contributed by atoms with Gasteiger partial charge in [0, 0.05) is 42.7 Å². The van der Waals surface area contributed by atoms with Crippen LogP contribution in [0.25, 0.3) is 0 Å². The van der Waals surface area contributed by atoms with Gasteiger partial charge in [-0.15, -0.1) is 0 Å². The van der Waals surface area contributed by atoms with E-state index in [0.717, 1.165) is 37.4 Å². The number of nitrogens with two attached hydrogens (primary N) is 1. The quantitative estimate of drug-likeness (QED) is 0.187. The molecule has 1 fully saturated rings. The zero-order chi connectivity index (χ0) is 37.0. The topological polar surface area (TPSA) is 122 Å². The van der Waals surface area contributed by atoms with Crippen LogP contribution in [0.5, 0.6) is 0 Å². The Balaban J connectivity index is 1.52. The molecule has 0 radical (unpaired) electrons. The molecule has 5 rings (SSSR count). The lowest BCUT2D eigenvalue weighted by molar-refractivity contribution is -0.119. The molecular formula is C36H35ClF4N4O5S. The third-order valence-electron chi connectivity index (χ3n) is 8.76. The summed E-state index contributed by atoms with van der Waals surface area (Å²) in [5.74, 6) is -5.78. The van der Waals surface area contributed by atoms with Gasteiger partial charge in [-0.2, -0.15) is 4.31 Å². The Hall–Kier alpha value is -4.34. The Morgan fingerprint density at radius 1 is 0.941 bits per heavy atom. The van der Waals surface area contributed by atoms with Crippen molar-refractivity contribution in [3.8, 4) is 0 Å². The molecule has 1 heterocycles. The highest BCUT2D eigenvalue weighted by atomic mass is 35.5. The molecule has 4 aromatic carbocycles. The minimum atomic E-state index is -4.11. The maximum absolute atomic E-state index is 15.7. The Labute approximate surface area is 298 Å². The van der Waals surface area contributed by atoms with E-state index in [-0.39, 0.29) is 51.7 Å². The third kappa shape index (κ3) is 8.10. The lowest BCUT2D eigenvalue weighted by Crippen LogP contribution is -2.58. The number of nitrogens with zero attached hydrogens (tertiary/aromatic N) is 2. The van der Waals surface area contributed by atoms with Crippen LogP contribution in [0.15, 0.2) is 89.8 Å². The molecule has 15 heteroatoms. The normalized spacial score (nSPS) is 17.8. The van der Waals surface area contributed by atoms with Crippen LogP contribution < -0.4 is 16.0 Å². The summed E-state index contributed by atoms with van der Waals surface area (Å²) < 4.78 is 92.4. The zero-order valence-corrected chi connectivity index (χ0v) is 29.1. The average molecular weight is 747 g/mol. The van der Waals surface area contributed by atoms with E-state index in [0.29, 0.717) is 17.5 Å². The first-order valence-electron chi connectivity index (χ1n) is 15.9. The van der Waals surface area contributed by atoms with Crippen molar-refractivity contribution in [2.45, 2.75) is 48.7 Å². The first-order valence-corrected chi connectivity index (χ1v) is 17.7. The van der Waals surface area contributed by atoms with Crippen LogP contribution in [0.2, 0.25) is 5.02 Å². The number of sulfonamides is 1. The molecule has 0 unspecified atom stereocenters. The summed E-state index contributed by atoms with van der Waals surface area (Å²) in [6.07, 6.45) is -1.34. The van der Waals surface area contributed by atoms with Gasteiger partial charge in [0.2, 0.25) is 10.0 Å². The summed E-state index contributed by atoms with van der Waals surface area (Å²) in [5.41, 5.74) is 6.27. The summed E-state index contributed by atoms with van der Waals surface area (Å²) in [7, 11) is -3.11. The second kappa shape index (κ2) is 15.9. The van der Waals surface area contributed by atoms with E-state index < -0.39 is 69.3 Å². The Morgan fingerprint density at radius 3 is 2.25 bits per heavy atom. The molecule has 3 N–H and O–H groups in total. The van der Waals surface area contributed by atoms with Crippen molar-refractivity contribution in [3.05, 3.63) is 130 Å². The van der Waals surface area contributed by atoms with Crippen molar-refractivity contribution in [2.24, 2.45) is 5.73 Å². The van der Waals surface area contributed by atoms with Gasteiger partial charge in [-0.05, 0) is 79.4 Å². The predicted molar refractivity (Wildman–Crippen MR) is 184 cm³/mol. The van der Waals surface area contributed by atoms with Gasteiger partial charge in [0.1, 0.15) is 28.2 Å². The number of piperazine rings is 1. The van der Waals surface area contributed by atoms with E-state index in [2.05, 4.69) is 5.32 Å². The number of rotatable bonds is 10. The van der Waals surface area contributed by atoms with Gasteiger partial charge >= 0.3 is 6.09 Å². The van der Waals surface area contributed by atoms with Crippen molar-refractivity contribution in [3.63, 3.8) is 0 Å². The van der Waals surface area contributed by atoms with Crippen molar-refractivity contribution < 1.29 is 40.3 Å². The smallest absolute Gasteiger partial charge is 0.420 e. The number of amides is 2. The number of carbonyl (C=O) groups excluding carboxylic acids is 2. The highest BCUT2D eigenvalue weighted by Crippen LogP contribution is 2.34. The van der Waals surface area contributed by atoms with Crippen LogP contribution in [0.4, 0.5) is 28.0 Å². The molecule has 0 spiro atoms. The highest BCUT2D eigenvalue weighted by molar-refractivity contribution is 7.89. The van der Waals surface area contributed by atoms with E-state index in [4.69, 9.17) is 22.1 Å². The van der Waals surface area contributed by atoms with Crippen molar-refractivity contribution in [2.75, 3.05) is 25.1 Å². The van der Waals surface area contributed by atoms with Gasteiger partial charge in [-0.25, -0.2) is 35.7 Å². The van der Waals surface area contributed by atoms with Gasteiger partial charge in [0.15, 0.2) is 0 Å². The number of carbonyl (C=O) groups is 2. The predicted octanol–water partition coefficient (Wildman–Crippen LogP) is 6.14. The highest BCUT2D eigenvalue weighted by Gasteiger charge is 2.40. The van der Waals surface area contributed by atoms with E-state index in [1.807, 2.05) is 0 Å². The standard InChI is InChI=1S/C36H35ClF4N4O5S/c1-21-19-43-20-27(45(21)51(48,49)32-9-4-3-6-29(32)37)14-15-28-30(41)7-5-8-31(28)44(36(47)50-2)35(46)34(42)33(22-10-12-24(38)13-11-22)23-16-25(39)18-26(40)17-23/h3-13,16-18,21,27,33-34,43H,14-15,19-20,42H2,1-2H3/t21-,27+,33+,34+/m1/s1. The molecule has 1 aliphatic rings. The molecule has 0 saturated carbocycles. The van der Waals surface area contributed by atoms with Gasteiger partial charge < -0.3 is 15.8 Å². The molecule has 1 aliphatic heterocycles. The molecule has 270 valence electrons. The van der Waals surface area contributed by atoms with Crippen LogP contribution in [0, 0.1) is 23.3 Å². The molecule has 2 amide bonds. The monoisotopic (exact) mass is 746 g/mol. The van der Waals surface area contributed by atoms with E-state index >= 15 is 4.39 Å². The molecule has 1 saturated heterocycles. The molecule has 4 atom stereocenters. The molecule has 0 aromatic heterocycles. The van der Waals surface area contributed by atoms with Gasteiger partial charge in [-0.1, -0.05) is 41.9 Å². The molecular weight excluding hydrogens is 712 g/mol. The fourth-order valence-corrected chi connectivity index (χ4v) is 8.81. The molecule has 4 aromatic rings. The van der Waals surface area contributed by atoms with Crippen LogP contribution in [0.3, 0.4) is 0 Å². The van der Waals surface area contributed by atoms with Crippen molar-refractivity contribution >= 4 is 39.3 Å². The van der Waals surface area contributed by atoms with Crippen LogP contribution in [-0.4, -0.2) is 63.0 Å². The number of hydrogen-bond donors (Lipinski definition) is 2. The lowest BCUT2D eigenvalue weighted by atomic mass is 9.84. The fraction of sp³-hybridized carbons (Fsp3) is 0.278. The second-order valence-electron chi connectivity index (χ2n) is 12.1. The first-order chi connectivity index (χ1) is 24.2. The number of ether oxygens (including phenoxy) is 1. The number of benzene rings is 4. The van der Waals surface area contributed by atoms with Crippen molar-refractivity contribution in [1.29, 1.82) is 0 Å². The van der Waals surface area contributed by atoms with E-state index in [9.17, 15) is 31.2 Å². The number of methoxy groups -OCH3 is 1. The Bertz CT molecular complexity index is 2000. The molecule has 0 bridgehead atoms. The molecule has 0 aliphatic carbocycles. The number of hydrogen-bond acceptors (Lipinski definition) is 7. The SMILES string of the molecule is COC(=O)N(C(=O)[C@@H](N)[C@@H](c1ccc(F)cc1)c1cc(F)cc(F)c1)c1cccc(F)c1CC[C@H]1CNC[C@@H](C)N1S(=O)(=O)c1ccccc1Cl. The average Bonchev–Trinajstić information content (AvgIpc) is 3.08. The number of nitrogens with one attached hydrogen (secondary N) is 1. The summed E-state index contributed by atoms with van der Waals surface area (Å²) in [6, 6.07) is 14.1. The van der Waals surface area contributed by atoms with E-state index in [1.54, 1.807) is 19.1 Å². The van der Waals surface area contributed by atoms with Crippen LogP contribution in [0.1, 0.15) is 36.0 Å². The van der Waals surface area contributed by atoms with Crippen molar-refractivity contribution in [1.82, 2.24) is 9.62 Å². The van der Waals surface area contributed by atoms with Gasteiger partial charge in [-0.3, -0.25) is 4.79 Å². The second-order valence-corrected chi connectivity index (χ2v) is 14.3. The van der Waals surface area contributed by atoms with E-state index in [1.165, 1.54) is 40.7 Å². The zero-order valence-electron chi connectivity index (χ0n) is 27.5. The minimum Gasteiger partial charge on any atom is -0.452 e. The Kier molecular flexibility index (Phi) is 11.8. The van der Waals surface area contributed by atoms with Gasteiger partial charge in [0.25, 0.3) is 5.91 Å². The number of halogens is 5. The summed E-state index contributed by atoms with van der Waals surface area (Å²) >= 11 is 6.28. The van der Waals surface area contributed by atoms with Crippen LogP contribution in [-0.2, 0) is 26.0 Å².